The van der Waals surface area contributed by atoms with Gasteiger partial charge in [0.2, 0.25) is 0 Å². The molecule has 1 rings (SSSR count). The lowest BCUT2D eigenvalue weighted by molar-refractivity contribution is 0.145. The quantitative estimate of drug-likeness (QED) is 0.668. The predicted molar refractivity (Wildman–Crippen MR) is 93.9 cm³/mol. The molecular weight excluding hydrogens is 258 g/mol. The van der Waals surface area contributed by atoms with Gasteiger partial charge in [-0.25, -0.2) is 0 Å². The van der Waals surface area contributed by atoms with Crippen molar-refractivity contribution >= 4 is 0 Å². The fraction of sp³-hybridized carbons (Fsp3) is 1.00. The van der Waals surface area contributed by atoms with Gasteiger partial charge in [0.1, 0.15) is 0 Å². The van der Waals surface area contributed by atoms with Crippen molar-refractivity contribution in [2.75, 3.05) is 46.8 Å². The van der Waals surface area contributed by atoms with Gasteiger partial charge in [-0.2, -0.15) is 0 Å². The van der Waals surface area contributed by atoms with Crippen LogP contribution in [0.15, 0.2) is 0 Å². The molecule has 0 bridgehead atoms. The van der Waals surface area contributed by atoms with Gasteiger partial charge in [0, 0.05) is 12.6 Å². The molecule has 21 heavy (non-hydrogen) atoms. The monoisotopic (exact) mass is 297 g/mol. The van der Waals surface area contributed by atoms with Crippen LogP contribution in [0.25, 0.3) is 0 Å². The molecular formula is C18H39N3. The first-order valence-electron chi connectivity index (χ1n) is 9.17. The van der Waals surface area contributed by atoms with E-state index in [9.17, 15) is 0 Å². The van der Waals surface area contributed by atoms with Crippen molar-refractivity contribution < 1.29 is 0 Å². The van der Waals surface area contributed by atoms with Gasteiger partial charge in [-0.15, -0.1) is 0 Å². The molecule has 0 heterocycles. The molecule has 0 amide bonds. The average molecular weight is 298 g/mol. The van der Waals surface area contributed by atoms with Crippen LogP contribution in [0.4, 0.5) is 0 Å². The molecule has 0 aliphatic heterocycles. The second-order valence-corrected chi connectivity index (χ2v) is 7.29. The van der Waals surface area contributed by atoms with Crippen molar-refractivity contribution in [1.29, 1.82) is 0 Å². The number of hydrogen-bond acceptors (Lipinski definition) is 3. The lowest BCUT2D eigenvalue weighted by Crippen LogP contribution is -2.46. The van der Waals surface area contributed by atoms with E-state index in [-0.39, 0.29) is 0 Å². The zero-order valence-electron chi connectivity index (χ0n) is 15.2. The summed E-state index contributed by atoms with van der Waals surface area (Å²) >= 11 is 0. The molecule has 1 fully saturated rings. The Morgan fingerprint density at radius 2 is 1.86 bits per heavy atom. The zero-order chi connectivity index (χ0) is 15.7. The highest BCUT2D eigenvalue weighted by molar-refractivity contribution is 4.85. The third-order valence-corrected chi connectivity index (χ3v) is 4.92. The summed E-state index contributed by atoms with van der Waals surface area (Å²) < 4.78 is 0. The van der Waals surface area contributed by atoms with Crippen LogP contribution < -0.4 is 5.32 Å². The highest BCUT2D eigenvalue weighted by Gasteiger charge is 2.29. The van der Waals surface area contributed by atoms with Gasteiger partial charge in [-0.1, -0.05) is 20.8 Å². The third kappa shape index (κ3) is 7.62. The summed E-state index contributed by atoms with van der Waals surface area (Å²) in [7, 11) is 4.34. The summed E-state index contributed by atoms with van der Waals surface area (Å²) in [6, 6.07) is 0.754. The van der Waals surface area contributed by atoms with E-state index in [1.54, 1.807) is 0 Å². The van der Waals surface area contributed by atoms with Crippen LogP contribution in [0.5, 0.6) is 0 Å². The molecule has 3 atom stereocenters. The fourth-order valence-electron chi connectivity index (χ4n) is 3.62. The highest BCUT2D eigenvalue weighted by Crippen LogP contribution is 2.29. The van der Waals surface area contributed by atoms with Gasteiger partial charge in [-0.05, 0) is 84.2 Å². The van der Waals surface area contributed by atoms with Crippen LogP contribution >= 0.6 is 0 Å². The van der Waals surface area contributed by atoms with Crippen LogP contribution in [0.1, 0.15) is 52.9 Å². The first-order chi connectivity index (χ1) is 10.1. The first-order valence-corrected chi connectivity index (χ1v) is 9.17. The van der Waals surface area contributed by atoms with Crippen LogP contribution in [-0.2, 0) is 0 Å². The van der Waals surface area contributed by atoms with Crippen LogP contribution in [0.2, 0.25) is 0 Å². The fourth-order valence-corrected chi connectivity index (χ4v) is 3.62. The second-order valence-electron chi connectivity index (χ2n) is 7.29. The smallest absolute Gasteiger partial charge is 0.0108 e. The normalized spacial score (nSPS) is 26.7. The summed E-state index contributed by atoms with van der Waals surface area (Å²) in [5, 5.41) is 3.81. The molecule has 1 aliphatic carbocycles. The number of nitrogens with one attached hydrogen (secondary N) is 1. The number of rotatable bonds is 10. The third-order valence-electron chi connectivity index (χ3n) is 4.92. The molecule has 0 aromatic carbocycles. The van der Waals surface area contributed by atoms with Crippen molar-refractivity contribution in [3.05, 3.63) is 0 Å². The standard InChI is InChI=1S/C18H39N3/c1-6-11-19-18-10-9-16(3)14-17(18)15-21(7-2)13-8-12-20(4)5/h16-19H,6-15H2,1-5H3. The number of nitrogens with zero attached hydrogens (tertiary/aromatic N) is 2. The largest absolute Gasteiger partial charge is 0.314 e. The minimum absolute atomic E-state index is 0.754. The zero-order valence-corrected chi connectivity index (χ0v) is 15.2. The van der Waals surface area contributed by atoms with Gasteiger partial charge in [0.05, 0.1) is 0 Å². The summed E-state index contributed by atoms with van der Waals surface area (Å²) in [6.07, 6.45) is 6.73. The Morgan fingerprint density at radius 1 is 1.10 bits per heavy atom. The molecule has 0 spiro atoms. The maximum atomic E-state index is 3.81. The predicted octanol–water partition coefficient (Wildman–Crippen LogP) is 3.06. The molecule has 0 aromatic rings. The molecule has 126 valence electrons. The lowest BCUT2D eigenvalue weighted by Gasteiger charge is -2.38. The van der Waals surface area contributed by atoms with Crippen molar-refractivity contribution in [3.63, 3.8) is 0 Å². The molecule has 0 radical (unpaired) electrons. The van der Waals surface area contributed by atoms with E-state index < -0.39 is 0 Å². The average Bonchev–Trinajstić information content (AvgIpc) is 2.45. The van der Waals surface area contributed by atoms with Gasteiger partial charge in [-0.3, -0.25) is 0 Å². The van der Waals surface area contributed by atoms with Gasteiger partial charge < -0.3 is 15.1 Å². The summed E-state index contributed by atoms with van der Waals surface area (Å²) in [5.41, 5.74) is 0. The number of hydrogen-bond donors (Lipinski definition) is 1. The molecule has 0 saturated heterocycles. The molecule has 0 aromatic heterocycles. The Labute approximate surface area is 133 Å². The molecule has 1 aliphatic rings. The van der Waals surface area contributed by atoms with E-state index in [0.717, 1.165) is 17.9 Å². The van der Waals surface area contributed by atoms with Crippen LogP contribution in [-0.4, -0.2) is 62.7 Å². The summed E-state index contributed by atoms with van der Waals surface area (Å²) in [6.45, 7) is 13.1. The van der Waals surface area contributed by atoms with E-state index in [1.807, 2.05) is 0 Å². The minimum atomic E-state index is 0.754. The van der Waals surface area contributed by atoms with E-state index in [2.05, 4.69) is 50.0 Å². The topological polar surface area (TPSA) is 18.5 Å². The lowest BCUT2D eigenvalue weighted by atomic mass is 9.78. The van der Waals surface area contributed by atoms with E-state index >= 15 is 0 Å². The summed E-state index contributed by atoms with van der Waals surface area (Å²) in [5.74, 6) is 1.76. The molecule has 1 saturated carbocycles. The maximum Gasteiger partial charge on any atom is 0.0108 e. The molecule has 3 heteroatoms. The van der Waals surface area contributed by atoms with Gasteiger partial charge >= 0.3 is 0 Å². The minimum Gasteiger partial charge on any atom is -0.314 e. The van der Waals surface area contributed by atoms with Crippen LogP contribution in [0.3, 0.4) is 0 Å². The van der Waals surface area contributed by atoms with Gasteiger partial charge in [0.25, 0.3) is 0 Å². The molecule has 1 N–H and O–H groups in total. The highest BCUT2D eigenvalue weighted by atomic mass is 15.1. The van der Waals surface area contributed by atoms with Crippen molar-refractivity contribution in [3.8, 4) is 0 Å². The van der Waals surface area contributed by atoms with Crippen molar-refractivity contribution in [1.82, 2.24) is 15.1 Å². The molecule has 3 nitrogen and oxygen atoms in total. The Balaban J connectivity index is 2.44. The van der Waals surface area contributed by atoms with Crippen molar-refractivity contribution in [2.45, 2.75) is 58.9 Å². The van der Waals surface area contributed by atoms with Crippen molar-refractivity contribution in [2.24, 2.45) is 11.8 Å². The molecule has 3 unspecified atom stereocenters. The Hall–Kier alpha value is -0.120. The van der Waals surface area contributed by atoms with E-state index in [0.29, 0.717) is 0 Å². The second kappa shape index (κ2) is 10.6. The Morgan fingerprint density at radius 3 is 2.48 bits per heavy atom. The van der Waals surface area contributed by atoms with E-state index in [1.165, 1.54) is 64.8 Å². The Kier molecular flexibility index (Phi) is 9.54. The maximum absolute atomic E-state index is 3.81. The van der Waals surface area contributed by atoms with Crippen LogP contribution in [0, 0.1) is 11.8 Å². The summed E-state index contributed by atoms with van der Waals surface area (Å²) in [4.78, 5) is 4.97. The van der Waals surface area contributed by atoms with Gasteiger partial charge in [0.15, 0.2) is 0 Å². The Bertz CT molecular complexity index is 253. The first kappa shape index (κ1) is 18.9. The SMILES string of the molecule is CCCNC1CCC(C)CC1CN(CC)CCCN(C)C. The van der Waals surface area contributed by atoms with E-state index in [4.69, 9.17) is 0 Å².